The van der Waals surface area contributed by atoms with Gasteiger partial charge in [-0.05, 0) is 6.42 Å². The van der Waals surface area contributed by atoms with E-state index in [2.05, 4.69) is 6.92 Å². The van der Waals surface area contributed by atoms with Gasteiger partial charge in [-0.15, -0.1) is 0 Å². The van der Waals surface area contributed by atoms with Crippen LogP contribution in [0.4, 0.5) is 0 Å². The summed E-state index contributed by atoms with van der Waals surface area (Å²) in [4.78, 5) is 0. The van der Waals surface area contributed by atoms with E-state index in [4.69, 9.17) is 5.73 Å². The smallest absolute Gasteiger partial charge is 0.0160 e. The predicted molar refractivity (Wildman–Crippen MR) is 67.3 cm³/mol. The molecule has 0 amide bonds. The Morgan fingerprint density at radius 1 is 0.846 bits per heavy atom. The number of nitrogens with two attached hydrogens (primary N) is 1. The van der Waals surface area contributed by atoms with Gasteiger partial charge in [0.2, 0.25) is 0 Å². The third kappa shape index (κ3) is 12.7. The van der Waals surface area contributed by atoms with Crippen molar-refractivity contribution in [3.05, 3.63) is 0 Å². The lowest BCUT2D eigenvalue weighted by atomic mass is 10.1. The van der Waals surface area contributed by atoms with E-state index in [0.717, 1.165) is 12.3 Å². The van der Waals surface area contributed by atoms with Gasteiger partial charge in [0.05, 0.1) is 0 Å². The molecule has 0 aliphatic rings. The molecule has 0 rings (SSSR count). The van der Waals surface area contributed by atoms with Gasteiger partial charge in [-0.1, -0.05) is 60.6 Å². The average molecular weight is 221 g/mol. The molecule has 0 saturated carbocycles. The molecule has 0 heterocycles. The fourth-order valence-corrected chi connectivity index (χ4v) is 3.11. The number of hydrogen-bond donors (Lipinski definition) is 1. The topological polar surface area (TPSA) is 26.0 Å². The van der Waals surface area contributed by atoms with Gasteiger partial charge in [0, 0.05) is 18.1 Å². The van der Waals surface area contributed by atoms with Gasteiger partial charge in [0.15, 0.2) is 0 Å². The van der Waals surface area contributed by atoms with Crippen LogP contribution in [0, 0.1) is 0 Å². The fourth-order valence-electron chi connectivity index (χ4n) is 1.11. The van der Waals surface area contributed by atoms with E-state index in [0.29, 0.717) is 0 Å². The van der Waals surface area contributed by atoms with Gasteiger partial charge in [-0.3, -0.25) is 0 Å². The molecule has 0 aliphatic carbocycles. The Kier molecular flexibility index (Phi) is 13.3. The zero-order valence-electron chi connectivity index (χ0n) is 8.76. The van der Waals surface area contributed by atoms with Gasteiger partial charge >= 0.3 is 0 Å². The van der Waals surface area contributed by atoms with Gasteiger partial charge in [0.1, 0.15) is 0 Å². The highest BCUT2D eigenvalue weighted by molar-refractivity contribution is 8.76. The molecule has 0 bridgehead atoms. The van der Waals surface area contributed by atoms with Crippen molar-refractivity contribution < 1.29 is 0 Å². The fraction of sp³-hybridized carbons (Fsp3) is 1.00. The van der Waals surface area contributed by atoms with Crippen LogP contribution < -0.4 is 5.73 Å². The molecule has 0 aromatic carbocycles. The molecule has 80 valence electrons. The lowest BCUT2D eigenvalue weighted by Crippen LogP contribution is -1.99. The van der Waals surface area contributed by atoms with Crippen LogP contribution in [-0.2, 0) is 0 Å². The second-order valence-corrected chi connectivity index (χ2v) is 5.90. The molecule has 0 saturated heterocycles. The predicted octanol–water partition coefficient (Wildman–Crippen LogP) is 3.69. The molecule has 2 N–H and O–H groups in total. The van der Waals surface area contributed by atoms with Crippen LogP contribution in [0.2, 0.25) is 0 Å². The summed E-state index contributed by atoms with van der Waals surface area (Å²) in [5.41, 5.74) is 5.39. The van der Waals surface area contributed by atoms with Crippen molar-refractivity contribution in [1.29, 1.82) is 0 Å². The molecular weight excluding hydrogens is 198 g/mol. The largest absolute Gasteiger partial charge is 0.330 e. The molecule has 0 aromatic heterocycles. The molecule has 0 unspecified atom stereocenters. The molecule has 0 aromatic rings. The SMILES string of the molecule is CCCCCCCCSSCCN. The molecule has 13 heavy (non-hydrogen) atoms. The summed E-state index contributed by atoms with van der Waals surface area (Å²) in [6.45, 7) is 3.08. The Labute approximate surface area is 91.0 Å². The van der Waals surface area contributed by atoms with Crippen molar-refractivity contribution in [1.82, 2.24) is 0 Å². The van der Waals surface area contributed by atoms with Gasteiger partial charge in [0.25, 0.3) is 0 Å². The highest BCUT2D eigenvalue weighted by Crippen LogP contribution is 2.22. The highest BCUT2D eigenvalue weighted by atomic mass is 33.1. The monoisotopic (exact) mass is 221 g/mol. The summed E-state index contributed by atoms with van der Waals surface area (Å²) in [5, 5.41) is 0. The zero-order chi connectivity index (χ0) is 9.78. The summed E-state index contributed by atoms with van der Waals surface area (Å²) in [7, 11) is 3.89. The Bertz CT molecular complexity index is 79.0. The summed E-state index contributed by atoms with van der Waals surface area (Å²) in [6, 6.07) is 0. The van der Waals surface area contributed by atoms with Crippen LogP contribution >= 0.6 is 21.6 Å². The molecule has 3 heteroatoms. The maximum absolute atomic E-state index is 5.39. The van der Waals surface area contributed by atoms with Crippen LogP contribution in [-0.4, -0.2) is 18.1 Å². The first-order valence-corrected chi connectivity index (χ1v) is 7.85. The van der Waals surface area contributed by atoms with Crippen molar-refractivity contribution in [2.24, 2.45) is 5.73 Å². The summed E-state index contributed by atoms with van der Waals surface area (Å²) >= 11 is 0. The molecule has 0 aliphatic heterocycles. The van der Waals surface area contributed by atoms with E-state index in [9.17, 15) is 0 Å². The third-order valence-electron chi connectivity index (χ3n) is 1.87. The van der Waals surface area contributed by atoms with Crippen molar-refractivity contribution in [2.75, 3.05) is 18.1 Å². The first kappa shape index (κ1) is 13.7. The normalized spacial score (nSPS) is 10.6. The highest BCUT2D eigenvalue weighted by Gasteiger charge is 1.91. The van der Waals surface area contributed by atoms with Crippen LogP contribution in [0.3, 0.4) is 0 Å². The second-order valence-electron chi connectivity index (χ2n) is 3.20. The summed E-state index contributed by atoms with van der Waals surface area (Å²) < 4.78 is 0. The molecular formula is C10H23NS2. The van der Waals surface area contributed by atoms with E-state index < -0.39 is 0 Å². The Morgan fingerprint density at radius 3 is 2.15 bits per heavy atom. The Balaban J connectivity index is 2.76. The second kappa shape index (κ2) is 12.7. The third-order valence-corrected chi connectivity index (χ3v) is 4.39. The zero-order valence-corrected chi connectivity index (χ0v) is 10.4. The minimum absolute atomic E-state index is 0.814. The van der Waals surface area contributed by atoms with Crippen molar-refractivity contribution in [3.8, 4) is 0 Å². The lowest BCUT2D eigenvalue weighted by molar-refractivity contribution is 0.627. The van der Waals surface area contributed by atoms with Crippen LogP contribution in [0.25, 0.3) is 0 Å². The maximum atomic E-state index is 5.39. The minimum Gasteiger partial charge on any atom is -0.330 e. The van der Waals surface area contributed by atoms with E-state index in [1.807, 2.05) is 21.6 Å². The number of hydrogen-bond acceptors (Lipinski definition) is 3. The lowest BCUT2D eigenvalue weighted by Gasteiger charge is -2.00. The first-order valence-electron chi connectivity index (χ1n) is 5.36. The Morgan fingerprint density at radius 2 is 1.46 bits per heavy atom. The standard InChI is InChI=1S/C10H23NS2/c1-2-3-4-5-6-7-9-12-13-10-8-11/h2-11H2,1H3. The average Bonchev–Trinajstić information content (AvgIpc) is 2.16. The molecule has 0 radical (unpaired) electrons. The number of unbranched alkanes of at least 4 members (excludes halogenated alkanes) is 5. The van der Waals surface area contributed by atoms with E-state index in [-0.39, 0.29) is 0 Å². The van der Waals surface area contributed by atoms with E-state index >= 15 is 0 Å². The van der Waals surface area contributed by atoms with E-state index in [1.54, 1.807) is 0 Å². The summed E-state index contributed by atoms with van der Waals surface area (Å²) in [5.74, 6) is 2.40. The van der Waals surface area contributed by atoms with Crippen molar-refractivity contribution >= 4 is 21.6 Å². The molecule has 0 atom stereocenters. The van der Waals surface area contributed by atoms with Crippen molar-refractivity contribution in [2.45, 2.75) is 45.4 Å². The molecule has 0 fully saturated rings. The first-order chi connectivity index (χ1) is 6.41. The number of rotatable bonds is 10. The molecule has 0 spiro atoms. The van der Waals surface area contributed by atoms with E-state index in [1.165, 1.54) is 44.3 Å². The minimum atomic E-state index is 0.814. The van der Waals surface area contributed by atoms with Gasteiger partial charge in [-0.25, -0.2) is 0 Å². The summed E-state index contributed by atoms with van der Waals surface area (Å²) in [6.07, 6.45) is 8.41. The van der Waals surface area contributed by atoms with Crippen LogP contribution in [0.5, 0.6) is 0 Å². The Hall–Kier alpha value is 0.660. The van der Waals surface area contributed by atoms with Crippen molar-refractivity contribution in [3.63, 3.8) is 0 Å². The molecule has 1 nitrogen and oxygen atoms in total. The van der Waals surface area contributed by atoms with Crippen LogP contribution in [0.15, 0.2) is 0 Å². The quantitative estimate of drug-likeness (QED) is 0.450. The van der Waals surface area contributed by atoms with Crippen LogP contribution in [0.1, 0.15) is 45.4 Å². The maximum Gasteiger partial charge on any atom is 0.0160 e. The van der Waals surface area contributed by atoms with Gasteiger partial charge < -0.3 is 5.73 Å². The van der Waals surface area contributed by atoms with Gasteiger partial charge in [-0.2, -0.15) is 0 Å².